The number of benzene rings is 1. The van der Waals surface area contributed by atoms with Crippen LogP contribution in [0.5, 0.6) is 0 Å². The Balaban J connectivity index is 1.48. The van der Waals surface area contributed by atoms with Gasteiger partial charge in [-0.1, -0.05) is 16.8 Å². The highest BCUT2D eigenvalue weighted by atomic mass is 35.5. The van der Waals surface area contributed by atoms with Gasteiger partial charge >= 0.3 is 0 Å². The van der Waals surface area contributed by atoms with Crippen molar-refractivity contribution < 1.29 is 9.26 Å². The summed E-state index contributed by atoms with van der Waals surface area (Å²) < 4.78 is 11.1. The smallest absolute Gasteiger partial charge is 0.228 e. The Kier molecular flexibility index (Phi) is 7.68. The van der Waals surface area contributed by atoms with E-state index in [0.29, 0.717) is 36.3 Å². The summed E-state index contributed by atoms with van der Waals surface area (Å²) in [6.45, 7) is 5.84. The van der Waals surface area contributed by atoms with E-state index in [0.717, 1.165) is 37.1 Å². The Morgan fingerprint density at radius 1 is 1.36 bits per heavy atom. The van der Waals surface area contributed by atoms with E-state index in [2.05, 4.69) is 32.3 Å². The second-order valence-electron chi connectivity index (χ2n) is 6.94. The molecule has 1 aliphatic carbocycles. The molecule has 8 heteroatoms. The van der Waals surface area contributed by atoms with Crippen LogP contribution in [-0.2, 0) is 11.2 Å². The molecule has 1 saturated carbocycles. The molecule has 0 spiro atoms. The topological polar surface area (TPSA) is 75.8 Å². The van der Waals surface area contributed by atoms with E-state index in [1.807, 2.05) is 31.3 Å². The number of nitrogens with one attached hydrogen (secondary N) is 1. The molecule has 1 aromatic heterocycles. The number of rotatable bonds is 10. The minimum Gasteiger partial charge on any atom is -0.379 e. The molecule has 1 aromatic carbocycles. The molecule has 28 heavy (non-hydrogen) atoms. The van der Waals surface area contributed by atoms with E-state index in [1.54, 1.807) is 0 Å². The summed E-state index contributed by atoms with van der Waals surface area (Å²) in [7, 11) is 2.02. The standard InChI is InChI=1S/C20H28ClN5O2/c1-3-22-20(26(2)12-13-27-14-15-4-5-15)23-11-10-18-24-19(25-28-18)16-6-8-17(21)9-7-16/h6-9,15H,3-5,10-14H2,1-2H3,(H,22,23). The fourth-order valence-electron chi connectivity index (χ4n) is 2.64. The SMILES string of the molecule is CCNC(=NCCc1nc(-c2ccc(Cl)cc2)no1)N(C)CCOCC1CC1. The van der Waals surface area contributed by atoms with Crippen LogP contribution >= 0.6 is 11.6 Å². The molecule has 152 valence electrons. The van der Waals surface area contributed by atoms with Crippen LogP contribution in [-0.4, -0.2) is 60.9 Å². The molecule has 0 aliphatic heterocycles. The number of nitrogens with zero attached hydrogens (tertiary/aromatic N) is 4. The molecular formula is C20H28ClN5O2. The second kappa shape index (κ2) is 10.4. The zero-order valence-corrected chi connectivity index (χ0v) is 17.3. The first-order valence-corrected chi connectivity index (χ1v) is 10.2. The maximum atomic E-state index is 5.91. The van der Waals surface area contributed by atoms with E-state index in [9.17, 15) is 0 Å². The lowest BCUT2D eigenvalue weighted by Gasteiger charge is -2.21. The number of hydrogen-bond acceptors (Lipinski definition) is 5. The van der Waals surface area contributed by atoms with Crippen molar-refractivity contribution in [3.63, 3.8) is 0 Å². The zero-order valence-electron chi connectivity index (χ0n) is 16.5. The van der Waals surface area contributed by atoms with Gasteiger partial charge in [0.25, 0.3) is 0 Å². The summed E-state index contributed by atoms with van der Waals surface area (Å²) in [5, 5.41) is 8.02. The molecular weight excluding hydrogens is 378 g/mol. The molecule has 1 N–H and O–H groups in total. The van der Waals surface area contributed by atoms with Crippen molar-refractivity contribution in [3.05, 3.63) is 35.2 Å². The molecule has 2 aromatic rings. The monoisotopic (exact) mass is 405 g/mol. The van der Waals surface area contributed by atoms with Crippen LogP contribution in [0.4, 0.5) is 0 Å². The Hall–Kier alpha value is -2.12. The van der Waals surface area contributed by atoms with Crippen molar-refractivity contribution in [2.45, 2.75) is 26.2 Å². The van der Waals surface area contributed by atoms with Gasteiger partial charge in [0.15, 0.2) is 5.96 Å². The van der Waals surface area contributed by atoms with Crippen molar-refractivity contribution in [2.75, 3.05) is 39.9 Å². The molecule has 0 atom stereocenters. The van der Waals surface area contributed by atoms with Crippen molar-refractivity contribution >= 4 is 17.6 Å². The molecule has 0 saturated heterocycles. The third-order valence-electron chi connectivity index (χ3n) is 4.48. The van der Waals surface area contributed by atoms with Crippen molar-refractivity contribution in [1.82, 2.24) is 20.4 Å². The summed E-state index contributed by atoms with van der Waals surface area (Å²) in [5.41, 5.74) is 0.877. The number of hydrogen-bond donors (Lipinski definition) is 1. The number of halogens is 1. The lowest BCUT2D eigenvalue weighted by molar-refractivity contribution is 0.115. The van der Waals surface area contributed by atoms with Gasteiger partial charge in [-0.25, -0.2) is 0 Å². The van der Waals surface area contributed by atoms with Crippen LogP contribution in [0.3, 0.4) is 0 Å². The lowest BCUT2D eigenvalue weighted by atomic mass is 10.2. The highest BCUT2D eigenvalue weighted by Gasteiger charge is 2.21. The molecule has 7 nitrogen and oxygen atoms in total. The molecule has 1 heterocycles. The predicted octanol–water partition coefficient (Wildman–Crippen LogP) is 3.26. The Bertz CT molecular complexity index is 758. The summed E-state index contributed by atoms with van der Waals surface area (Å²) in [6, 6.07) is 7.37. The van der Waals surface area contributed by atoms with E-state index in [-0.39, 0.29) is 0 Å². The molecule has 3 rings (SSSR count). The van der Waals surface area contributed by atoms with Gasteiger partial charge in [0.1, 0.15) is 0 Å². The summed E-state index contributed by atoms with van der Waals surface area (Å²) in [5.74, 6) is 2.78. The number of ether oxygens (including phenoxy) is 1. The van der Waals surface area contributed by atoms with Crippen LogP contribution in [0.15, 0.2) is 33.8 Å². The van der Waals surface area contributed by atoms with Gasteiger partial charge in [-0.3, -0.25) is 4.99 Å². The van der Waals surface area contributed by atoms with Gasteiger partial charge in [0.05, 0.1) is 13.2 Å². The summed E-state index contributed by atoms with van der Waals surface area (Å²) in [6.07, 6.45) is 3.21. The van der Waals surface area contributed by atoms with Gasteiger partial charge in [-0.2, -0.15) is 4.98 Å². The first-order valence-electron chi connectivity index (χ1n) is 9.81. The number of likely N-dealkylation sites (N-methyl/N-ethyl adjacent to an activating group) is 1. The normalized spacial score (nSPS) is 14.3. The largest absolute Gasteiger partial charge is 0.379 e. The highest BCUT2D eigenvalue weighted by molar-refractivity contribution is 6.30. The minimum absolute atomic E-state index is 0.562. The third kappa shape index (κ3) is 6.49. The zero-order chi connectivity index (χ0) is 19.8. The fourth-order valence-corrected chi connectivity index (χ4v) is 2.77. The second-order valence-corrected chi connectivity index (χ2v) is 7.38. The van der Waals surface area contributed by atoms with E-state index >= 15 is 0 Å². The lowest BCUT2D eigenvalue weighted by Crippen LogP contribution is -2.40. The van der Waals surface area contributed by atoms with Crippen LogP contribution < -0.4 is 5.32 Å². The van der Waals surface area contributed by atoms with E-state index < -0.39 is 0 Å². The van der Waals surface area contributed by atoms with Gasteiger partial charge < -0.3 is 19.5 Å². The molecule has 0 bridgehead atoms. The number of aliphatic imine (C=N–C) groups is 1. The molecule has 0 amide bonds. The Morgan fingerprint density at radius 3 is 2.86 bits per heavy atom. The average Bonchev–Trinajstić information content (AvgIpc) is 3.41. The van der Waals surface area contributed by atoms with Gasteiger partial charge in [0.2, 0.25) is 11.7 Å². The third-order valence-corrected chi connectivity index (χ3v) is 4.73. The Labute approximate surface area is 171 Å². The summed E-state index contributed by atoms with van der Waals surface area (Å²) >= 11 is 5.91. The first kappa shape index (κ1) is 20.6. The van der Waals surface area contributed by atoms with E-state index in [4.69, 9.17) is 20.9 Å². The van der Waals surface area contributed by atoms with Crippen molar-refractivity contribution in [3.8, 4) is 11.4 Å². The molecule has 0 radical (unpaired) electrons. The predicted molar refractivity (Wildman–Crippen MR) is 111 cm³/mol. The van der Waals surface area contributed by atoms with Crippen molar-refractivity contribution in [2.24, 2.45) is 10.9 Å². The molecule has 1 aliphatic rings. The number of aromatic nitrogens is 2. The first-order chi connectivity index (χ1) is 13.7. The van der Waals surface area contributed by atoms with Crippen LogP contribution in [0.2, 0.25) is 5.02 Å². The molecule has 0 unspecified atom stereocenters. The maximum absolute atomic E-state index is 5.91. The van der Waals surface area contributed by atoms with Gasteiger partial charge in [-0.15, -0.1) is 0 Å². The van der Waals surface area contributed by atoms with Gasteiger partial charge in [-0.05, 0) is 49.9 Å². The van der Waals surface area contributed by atoms with Crippen LogP contribution in [0.1, 0.15) is 25.7 Å². The van der Waals surface area contributed by atoms with Gasteiger partial charge in [0, 0.05) is 43.8 Å². The highest BCUT2D eigenvalue weighted by Crippen LogP contribution is 2.28. The fraction of sp³-hybridized carbons (Fsp3) is 0.550. The van der Waals surface area contributed by atoms with Crippen molar-refractivity contribution in [1.29, 1.82) is 0 Å². The number of guanidine groups is 1. The molecule has 1 fully saturated rings. The quantitative estimate of drug-likeness (QED) is 0.371. The Morgan fingerprint density at radius 2 is 2.14 bits per heavy atom. The van der Waals surface area contributed by atoms with Crippen LogP contribution in [0.25, 0.3) is 11.4 Å². The van der Waals surface area contributed by atoms with E-state index in [1.165, 1.54) is 12.8 Å². The average molecular weight is 406 g/mol. The minimum atomic E-state index is 0.562. The maximum Gasteiger partial charge on any atom is 0.228 e. The van der Waals surface area contributed by atoms with Crippen LogP contribution in [0, 0.1) is 5.92 Å². The summed E-state index contributed by atoms with van der Waals surface area (Å²) in [4.78, 5) is 11.2.